The molecule has 0 bridgehead atoms. The first-order valence-electron chi connectivity index (χ1n) is 6.12. The molecular formula is C15H7BrF2N2O2. The highest BCUT2D eigenvalue weighted by Gasteiger charge is 2.12. The highest BCUT2D eigenvalue weighted by molar-refractivity contribution is 9.10. The number of hydrogen-bond acceptors (Lipinski definition) is 4. The Bertz CT molecular complexity index is 887. The maximum Gasteiger partial charge on any atom is 0.238 e. The zero-order chi connectivity index (χ0) is 15.7. The number of fused-ring (bicyclic) bond motifs is 1. The third-order valence-electron chi connectivity index (χ3n) is 2.92. The molecular weight excluding hydrogens is 358 g/mol. The normalized spacial score (nSPS) is 10.7. The first-order chi connectivity index (χ1) is 10.6. The Hall–Kier alpha value is -2.41. The number of carbonyl (C=O) groups is 1. The Morgan fingerprint density at radius 2 is 2.00 bits per heavy atom. The molecule has 1 heterocycles. The van der Waals surface area contributed by atoms with Gasteiger partial charge in [-0.25, -0.2) is 18.7 Å². The van der Waals surface area contributed by atoms with Crippen molar-refractivity contribution in [1.82, 2.24) is 9.97 Å². The van der Waals surface area contributed by atoms with Crippen molar-refractivity contribution in [2.75, 3.05) is 0 Å². The Kier molecular flexibility index (Phi) is 3.81. The molecule has 3 aromatic rings. The van der Waals surface area contributed by atoms with E-state index in [1.807, 2.05) is 0 Å². The van der Waals surface area contributed by atoms with Gasteiger partial charge in [-0.2, -0.15) is 0 Å². The van der Waals surface area contributed by atoms with Gasteiger partial charge >= 0.3 is 0 Å². The molecule has 1 aromatic heterocycles. The van der Waals surface area contributed by atoms with Crippen molar-refractivity contribution in [3.8, 4) is 11.6 Å². The van der Waals surface area contributed by atoms with E-state index in [1.54, 1.807) is 18.2 Å². The number of halogens is 3. The van der Waals surface area contributed by atoms with E-state index < -0.39 is 11.6 Å². The summed E-state index contributed by atoms with van der Waals surface area (Å²) in [5.41, 5.74) is 0.409. The molecule has 0 saturated carbocycles. The van der Waals surface area contributed by atoms with Gasteiger partial charge in [0, 0.05) is 5.56 Å². The minimum atomic E-state index is -1.05. The highest BCUT2D eigenvalue weighted by atomic mass is 79.9. The first kappa shape index (κ1) is 14.5. The van der Waals surface area contributed by atoms with Crippen LogP contribution in [0.5, 0.6) is 11.6 Å². The van der Waals surface area contributed by atoms with Gasteiger partial charge in [0.05, 0.1) is 16.2 Å². The monoisotopic (exact) mass is 364 g/mol. The molecule has 4 nitrogen and oxygen atoms in total. The lowest BCUT2D eigenvalue weighted by molar-refractivity contribution is 0.112. The molecule has 0 radical (unpaired) electrons. The van der Waals surface area contributed by atoms with E-state index in [1.165, 1.54) is 12.3 Å². The second kappa shape index (κ2) is 5.76. The molecule has 3 rings (SSSR count). The predicted octanol–water partition coefficient (Wildman–Crippen LogP) is 4.28. The molecule has 0 aliphatic heterocycles. The molecule has 110 valence electrons. The zero-order valence-corrected chi connectivity index (χ0v) is 12.5. The second-order valence-electron chi connectivity index (χ2n) is 4.32. The SMILES string of the molecule is O=Cc1cccc(Oc2cnc3c(F)c(F)ccc3n2)c1Br. The Balaban J connectivity index is 2.02. The van der Waals surface area contributed by atoms with Gasteiger partial charge in [0.2, 0.25) is 5.88 Å². The molecule has 0 spiro atoms. The number of aromatic nitrogens is 2. The average Bonchev–Trinajstić information content (AvgIpc) is 2.53. The smallest absolute Gasteiger partial charge is 0.238 e. The lowest BCUT2D eigenvalue weighted by Crippen LogP contribution is -1.96. The zero-order valence-electron chi connectivity index (χ0n) is 10.9. The summed E-state index contributed by atoms with van der Waals surface area (Å²) in [6.45, 7) is 0. The number of nitrogens with zero attached hydrogens (tertiary/aromatic N) is 2. The molecule has 2 aromatic carbocycles. The van der Waals surface area contributed by atoms with Gasteiger partial charge in [-0.3, -0.25) is 4.79 Å². The van der Waals surface area contributed by atoms with Gasteiger partial charge in [0.15, 0.2) is 17.9 Å². The van der Waals surface area contributed by atoms with Crippen molar-refractivity contribution >= 4 is 33.2 Å². The maximum atomic E-state index is 13.6. The fraction of sp³-hybridized carbons (Fsp3) is 0. The van der Waals surface area contributed by atoms with Gasteiger partial charge < -0.3 is 4.74 Å². The van der Waals surface area contributed by atoms with Crippen LogP contribution in [-0.2, 0) is 0 Å². The lowest BCUT2D eigenvalue weighted by atomic mass is 10.2. The van der Waals surface area contributed by atoms with Crippen LogP contribution in [0, 0.1) is 11.6 Å². The largest absolute Gasteiger partial charge is 0.436 e. The van der Waals surface area contributed by atoms with Crippen LogP contribution in [-0.4, -0.2) is 16.3 Å². The summed E-state index contributed by atoms with van der Waals surface area (Å²) in [6, 6.07) is 7.18. The molecule has 0 aliphatic carbocycles. The van der Waals surface area contributed by atoms with Crippen LogP contribution in [0.2, 0.25) is 0 Å². The number of aldehydes is 1. The van der Waals surface area contributed by atoms with Crippen LogP contribution in [0.1, 0.15) is 10.4 Å². The van der Waals surface area contributed by atoms with E-state index in [2.05, 4.69) is 25.9 Å². The number of benzene rings is 2. The van der Waals surface area contributed by atoms with Crippen molar-refractivity contribution in [1.29, 1.82) is 0 Å². The van der Waals surface area contributed by atoms with Gasteiger partial charge in [-0.15, -0.1) is 0 Å². The van der Waals surface area contributed by atoms with Crippen molar-refractivity contribution in [3.05, 3.63) is 58.2 Å². The van der Waals surface area contributed by atoms with Gasteiger partial charge in [0.25, 0.3) is 0 Å². The molecule has 7 heteroatoms. The van der Waals surface area contributed by atoms with Gasteiger partial charge in [0.1, 0.15) is 11.3 Å². The molecule has 0 N–H and O–H groups in total. The predicted molar refractivity (Wildman–Crippen MR) is 79.1 cm³/mol. The third-order valence-corrected chi connectivity index (χ3v) is 3.77. The standard InChI is InChI=1S/C15H7BrF2N2O2/c16-13-8(7-21)2-1-3-11(13)22-12-6-19-15-10(20-12)5-4-9(17)14(15)18/h1-7H. The summed E-state index contributed by atoms with van der Waals surface area (Å²) in [4.78, 5) is 18.8. The summed E-state index contributed by atoms with van der Waals surface area (Å²) in [6.07, 6.45) is 1.87. The van der Waals surface area contributed by atoms with Crippen molar-refractivity contribution in [2.24, 2.45) is 0 Å². The van der Waals surface area contributed by atoms with E-state index in [4.69, 9.17) is 4.74 Å². The molecule has 0 saturated heterocycles. The van der Waals surface area contributed by atoms with E-state index in [0.717, 1.165) is 6.07 Å². The summed E-state index contributed by atoms with van der Waals surface area (Å²) in [5.74, 6) is -1.58. The molecule has 0 unspecified atom stereocenters. The summed E-state index contributed by atoms with van der Waals surface area (Å²) < 4.78 is 32.7. The number of rotatable bonds is 3. The average molecular weight is 365 g/mol. The van der Waals surface area contributed by atoms with Crippen LogP contribution in [0.4, 0.5) is 8.78 Å². The van der Waals surface area contributed by atoms with Crippen molar-refractivity contribution in [2.45, 2.75) is 0 Å². The van der Waals surface area contributed by atoms with Crippen molar-refractivity contribution < 1.29 is 18.3 Å². The fourth-order valence-electron chi connectivity index (χ4n) is 1.87. The van der Waals surface area contributed by atoms with Crippen LogP contribution >= 0.6 is 15.9 Å². The van der Waals surface area contributed by atoms with E-state index in [-0.39, 0.29) is 16.9 Å². The Labute approximate surface area is 131 Å². The summed E-state index contributed by atoms with van der Waals surface area (Å²) in [5, 5.41) is 0. The Morgan fingerprint density at radius 3 is 2.77 bits per heavy atom. The van der Waals surface area contributed by atoms with Crippen LogP contribution < -0.4 is 4.74 Å². The van der Waals surface area contributed by atoms with E-state index in [9.17, 15) is 13.6 Å². The lowest BCUT2D eigenvalue weighted by Gasteiger charge is -2.08. The minimum absolute atomic E-state index is 0.0993. The number of carbonyl (C=O) groups excluding carboxylic acids is 1. The highest BCUT2D eigenvalue weighted by Crippen LogP contribution is 2.31. The molecule has 0 atom stereocenters. The van der Waals surface area contributed by atoms with Crippen LogP contribution in [0.15, 0.2) is 41.0 Å². The topological polar surface area (TPSA) is 52.1 Å². The minimum Gasteiger partial charge on any atom is -0.436 e. The first-order valence-corrected chi connectivity index (χ1v) is 6.91. The van der Waals surface area contributed by atoms with E-state index >= 15 is 0 Å². The second-order valence-corrected chi connectivity index (χ2v) is 5.11. The Morgan fingerprint density at radius 1 is 1.18 bits per heavy atom. The molecule has 0 amide bonds. The molecule has 0 fully saturated rings. The number of ether oxygens (including phenoxy) is 1. The maximum absolute atomic E-state index is 13.6. The fourth-order valence-corrected chi connectivity index (χ4v) is 2.31. The van der Waals surface area contributed by atoms with Gasteiger partial charge in [-0.1, -0.05) is 12.1 Å². The van der Waals surface area contributed by atoms with Crippen LogP contribution in [0.3, 0.4) is 0 Å². The summed E-state index contributed by atoms with van der Waals surface area (Å²) >= 11 is 3.26. The van der Waals surface area contributed by atoms with E-state index in [0.29, 0.717) is 22.1 Å². The quantitative estimate of drug-likeness (QED) is 0.651. The van der Waals surface area contributed by atoms with Crippen molar-refractivity contribution in [3.63, 3.8) is 0 Å². The molecule has 0 aliphatic rings. The molecule has 22 heavy (non-hydrogen) atoms. The van der Waals surface area contributed by atoms with Gasteiger partial charge in [-0.05, 0) is 34.1 Å². The summed E-state index contributed by atoms with van der Waals surface area (Å²) in [7, 11) is 0. The van der Waals surface area contributed by atoms with Crippen LogP contribution in [0.25, 0.3) is 11.0 Å². The number of hydrogen-bond donors (Lipinski definition) is 0. The third kappa shape index (κ3) is 2.55.